The van der Waals surface area contributed by atoms with E-state index in [2.05, 4.69) is 160 Å². The lowest BCUT2D eigenvalue weighted by atomic mass is 9.76. The van der Waals surface area contributed by atoms with Crippen molar-refractivity contribution in [2.45, 2.75) is 194 Å². The molecule has 2 aromatic carbocycles. The molecular weight excluding hydrogens is 718 g/mol. The van der Waals surface area contributed by atoms with Crippen LogP contribution in [0.2, 0.25) is 26.2 Å². The zero-order chi connectivity index (χ0) is 40.9. The highest BCUT2D eigenvalue weighted by molar-refractivity contribution is 6.63. The van der Waals surface area contributed by atoms with Crippen LogP contribution in [0, 0.1) is 10.8 Å². The molecule has 2 saturated heterocycles. The quantitative estimate of drug-likeness (QED) is 0.249. The highest BCUT2D eigenvalue weighted by atomic mass is 28.3. The van der Waals surface area contributed by atoms with Crippen LogP contribution in [0.4, 0.5) is 0 Å². The fraction of sp³-hybridized carbons (Fsp3) is 0.727. The molecule has 11 heteroatoms. The van der Waals surface area contributed by atoms with Gasteiger partial charge in [-0.1, -0.05) is 92.0 Å². The van der Waals surface area contributed by atoms with E-state index in [1.807, 2.05) is 0 Å². The van der Waals surface area contributed by atoms with Crippen molar-refractivity contribution in [3.63, 3.8) is 0 Å². The van der Waals surface area contributed by atoms with Crippen LogP contribution in [0.5, 0.6) is 11.5 Å². The third-order valence-corrected chi connectivity index (χ3v) is 19.4. The van der Waals surface area contributed by atoms with Gasteiger partial charge in [0.1, 0.15) is 23.7 Å². The summed E-state index contributed by atoms with van der Waals surface area (Å²) in [6, 6.07) is 13.0. The number of hydrogen-bond acceptors (Lipinski definition) is 7. The maximum absolute atomic E-state index is 8.25. The number of rotatable bonds is 8. The van der Waals surface area contributed by atoms with Gasteiger partial charge in [-0.25, -0.2) is 0 Å². The van der Waals surface area contributed by atoms with Gasteiger partial charge >= 0.3 is 14.2 Å². The smallest absolute Gasteiger partial charge is 0.487 e. The Morgan fingerprint density at radius 3 is 1.13 bits per heavy atom. The summed E-state index contributed by atoms with van der Waals surface area (Å²) >= 11 is 0. The lowest BCUT2D eigenvalue weighted by molar-refractivity contribution is -0.229. The summed E-state index contributed by atoms with van der Waals surface area (Å²) < 4.78 is 48.4. The van der Waals surface area contributed by atoms with Gasteiger partial charge in [0.2, 0.25) is 0 Å². The second-order valence-electron chi connectivity index (χ2n) is 21.3. The maximum Gasteiger partial charge on any atom is 0.494 e. The predicted molar refractivity (Wildman–Crippen MR) is 230 cm³/mol. The Morgan fingerprint density at radius 1 is 0.545 bits per heavy atom. The lowest BCUT2D eigenvalue weighted by Crippen LogP contribution is -2.75. The van der Waals surface area contributed by atoms with Crippen LogP contribution in [0.1, 0.15) is 121 Å². The van der Waals surface area contributed by atoms with Crippen LogP contribution in [0.15, 0.2) is 36.4 Å². The summed E-state index contributed by atoms with van der Waals surface area (Å²) in [4.78, 5) is 0. The summed E-state index contributed by atoms with van der Waals surface area (Å²) in [5.41, 5.74) is 2.51. The molecule has 55 heavy (non-hydrogen) atoms. The van der Waals surface area contributed by atoms with E-state index in [1.54, 1.807) is 0 Å². The molecule has 0 saturated carbocycles. The van der Waals surface area contributed by atoms with Gasteiger partial charge in [-0.05, 0) is 126 Å². The van der Waals surface area contributed by atoms with Crippen LogP contribution in [0.25, 0.3) is 0 Å². The van der Waals surface area contributed by atoms with Gasteiger partial charge in [0.15, 0.2) is 0 Å². The molecule has 4 atom stereocenters. The van der Waals surface area contributed by atoms with E-state index in [0.717, 1.165) is 48.1 Å². The van der Waals surface area contributed by atoms with Crippen LogP contribution in [0.3, 0.4) is 0 Å². The van der Waals surface area contributed by atoms with Crippen molar-refractivity contribution >= 4 is 42.8 Å². The second kappa shape index (κ2) is 14.0. The molecule has 0 amide bonds. The predicted octanol–water partition coefficient (Wildman–Crippen LogP) is 8.55. The van der Waals surface area contributed by atoms with Gasteiger partial charge in [-0.15, -0.1) is 0 Å². The van der Waals surface area contributed by atoms with E-state index in [1.165, 1.54) is 11.1 Å². The third-order valence-electron chi connectivity index (χ3n) is 14.1. The first-order chi connectivity index (χ1) is 25.1. The minimum Gasteiger partial charge on any atom is -0.487 e. The molecule has 2 unspecified atom stereocenters. The van der Waals surface area contributed by atoms with Gasteiger partial charge in [-0.3, -0.25) is 0 Å². The molecule has 0 bridgehead atoms. The fourth-order valence-electron chi connectivity index (χ4n) is 9.65. The van der Waals surface area contributed by atoms with E-state index < -0.39 is 42.3 Å². The molecule has 4 heterocycles. The topological polar surface area (TPSA) is 64.6 Å². The molecule has 0 aliphatic carbocycles. The van der Waals surface area contributed by atoms with E-state index in [4.69, 9.17) is 32.8 Å². The van der Waals surface area contributed by atoms with Crippen molar-refractivity contribution in [1.82, 2.24) is 0 Å². The number of benzene rings is 2. The second-order valence-corrected chi connectivity index (χ2v) is 26.8. The van der Waals surface area contributed by atoms with Gasteiger partial charge < -0.3 is 32.8 Å². The van der Waals surface area contributed by atoms with Crippen molar-refractivity contribution < 1.29 is 32.8 Å². The molecule has 0 spiro atoms. The number of fused-ring (bicyclic) bond motifs is 2. The van der Waals surface area contributed by atoms with E-state index >= 15 is 0 Å². The molecule has 7 nitrogen and oxygen atoms in total. The SMILES string of the molecule is C[Si](C)C(OC([C@H]1CCc2cc(B3OC(C)(C)C(C)(C)O3)ccc2O1)([Si](C)C)C(C)(C)C)([C@H]1CCc2cc(B3OC(C)(C)C(C)(C)O3)ccc2O1)C(C)(C)C. The minimum absolute atomic E-state index is 0.118. The molecule has 302 valence electrons. The average Bonchev–Trinajstić information content (AvgIpc) is 3.42. The monoisotopic (exact) mass is 788 g/mol. The Kier molecular flexibility index (Phi) is 11.0. The zero-order valence-corrected chi connectivity index (χ0v) is 39.5. The molecule has 6 rings (SSSR count). The van der Waals surface area contributed by atoms with Crippen LogP contribution in [-0.2, 0) is 36.2 Å². The zero-order valence-electron chi connectivity index (χ0n) is 37.5. The average molecular weight is 789 g/mol. The maximum atomic E-state index is 8.25. The van der Waals surface area contributed by atoms with Gasteiger partial charge in [0, 0.05) is 0 Å². The minimum atomic E-state index is -1.15. The van der Waals surface area contributed by atoms with E-state index in [0.29, 0.717) is 0 Å². The molecule has 2 radical (unpaired) electrons. The Labute approximate surface area is 338 Å². The summed E-state index contributed by atoms with van der Waals surface area (Å²) in [5.74, 6) is 1.88. The molecule has 2 fully saturated rings. The fourth-order valence-corrected chi connectivity index (χ4v) is 15.2. The first-order valence-electron chi connectivity index (χ1n) is 20.7. The highest BCUT2D eigenvalue weighted by Crippen LogP contribution is 2.53. The lowest BCUT2D eigenvalue weighted by Gasteiger charge is -2.62. The third kappa shape index (κ3) is 7.16. The van der Waals surface area contributed by atoms with E-state index in [-0.39, 0.29) is 45.4 Å². The number of hydrogen-bond donors (Lipinski definition) is 0. The molecule has 0 aromatic heterocycles. The normalized spacial score (nSPS) is 26.5. The Bertz CT molecular complexity index is 1590. The van der Waals surface area contributed by atoms with Crippen molar-refractivity contribution in [1.29, 1.82) is 0 Å². The number of ether oxygens (including phenoxy) is 3. The van der Waals surface area contributed by atoms with E-state index in [9.17, 15) is 0 Å². The molecule has 4 aliphatic heterocycles. The first kappa shape index (κ1) is 43.0. The van der Waals surface area contributed by atoms with Crippen molar-refractivity contribution in [2.75, 3.05) is 0 Å². The van der Waals surface area contributed by atoms with Crippen LogP contribution >= 0.6 is 0 Å². The van der Waals surface area contributed by atoms with Gasteiger partial charge in [0.25, 0.3) is 0 Å². The van der Waals surface area contributed by atoms with Crippen LogP contribution in [-0.4, -0.2) is 76.9 Å². The van der Waals surface area contributed by atoms with Crippen molar-refractivity contribution in [3.05, 3.63) is 47.5 Å². The van der Waals surface area contributed by atoms with Gasteiger partial charge in [0.05, 0.1) is 50.4 Å². The molecule has 2 aromatic rings. The number of aryl methyl sites for hydroxylation is 2. The summed E-state index contributed by atoms with van der Waals surface area (Å²) in [7, 11) is -3.09. The molecule has 4 aliphatic rings. The summed E-state index contributed by atoms with van der Waals surface area (Å²) in [6.45, 7) is 40.7. The molecule has 0 N–H and O–H groups in total. The molecular formula is C44H70B2O7Si2. The Hall–Kier alpha value is -1.60. The standard InChI is InChI=1S/C44H70B2O7Si2/c1-37(2,3)43(54(15)16,35-25-19-29-27-31(21-23-33(29)47-35)45-50-39(7,8)40(9,10)51-45)49-44(55(17)18,38(4,5)6)36-26-20-30-28-32(22-24-34(30)48-36)46-52-41(11,12)42(13,14)53-46/h21-24,27-28,35-36H,19-20,25-26H2,1-18H3/t35-,36-,43?,44?/m1/s1. The van der Waals surface area contributed by atoms with Gasteiger partial charge in [-0.2, -0.15) is 0 Å². The van der Waals surface area contributed by atoms with Crippen molar-refractivity contribution in [2.24, 2.45) is 10.8 Å². The Morgan fingerprint density at radius 2 is 0.855 bits per heavy atom. The summed E-state index contributed by atoms with van der Waals surface area (Å²) in [5, 5.41) is -1.06. The Balaban J connectivity index is 1.33. The first-order valence-corrected chi connectivity index (χ1v) is 25.7. The highest BCUT2D eigenvalue weighted by Gasteiger charge is 2.64. The van der Waals surface area contributed by atoms with Crippen molar-refractivity contribution in [3.8, 4) is 11.5 Å². The summed E-state index contributed by atoms with van der Waals surface area (Å²) in [6.07, 6.45) is 3.32. The van der Waals surface area contributed by atoms with Crippen LogP contribution < -0.4 is 20.4 Å². The largest absolute Gasteiger partial charge is 0.494 e.